The Bertz CT molecular complexity index is 1100. The number of benzene rings is 2. The van der Waals surface area contributed by atoms with E-state index in [4.69, 9.17) is 9.97 Å². The number of carboxylic acid groups (broad SMARTS) is 1. The van der Waals surface area contributed by atoms with E-state index < -0.39 is 5.97 Å². The summed E-state index contributed by atoms with van der Waals surface area (Å²) in [6, 6.07) is 15.9. The molecule has 5 nitrogen and oxygen atoms in total. The first-order valence-electron chi connectivity index (χ1n) is 10.8. The minimum absolute atomic E-state index is 0.0745. The summed E-state index contributed by atoms with van der Waals surface area (Å²) in [5, 5.41) is 10.3. The van der Waals surface area contributed by atoms with Crippen molar-refractivity contribution in [1.29, 1.82) is 0 Å². The molecule has 0 fully saturated rings. The van der Waals surface area contributed by atoms with Crippen molar-refractivity contribution in [2.24, 2.45) is 5.92 Å². The molecule has 1 N–H and O–H groups in total. The zero-order valence-electron chi connectivity index (χ0n) is 17.4. The third-order valence-corrected chi connectivity index (χ3v) is 6.18. The molecule has 0 saturated heterocycles. The number of aromatic nitrogens is 2. The smallest absolute Gasteiger partial charge is 0.305 e. The second-order valence-corrected chi connectivity index (χ2v) is 8.85. The molecule has 0 amide bonds. The van der Waals surface area contributed by atoms with Crippen LogP contribution in [0.4, 0.5) is 5.82 Å². The van der Waals surface area contributed by atoms with Crippen molar-refractivity contribution in [3.8, 4) is 11.4 Å². The van der Waals surface area contributed by atoms with Crippen LogP contribution in [0.5, 0.6) is 0 Å². The van der Waals surface area contributed by atoms with Crippen LogP contribution < -0.4 is 4.90 Å². The van der Waals surface area contributed by atoms with E-state index in [2.05, 4.69) is 33.0 Å². The van der Waals surface area contributed by atoms with Gasteiger partial charge in [0.25, 0.3) is 0 Å². The van der Waals surface area contributed by atoms with Crippen molar-refractivity contribution in [2.45, 2.75) is 32.1 Å². The second kappa shape index (κ2) is 10.1. The van der Waals surface area contributed by atoms with E-state index in [0.717, 1.165) is 46.1 Å². The fraction of sp³-hybridized carbons (Fsp3) is 0.320. The summed E-state index contributed by atoms with van der Waals surface area (Å²) in [4.78, 5) is 23.2. The Morgan fingerprint density at radius 1 is 1.13 bits per heavy atom. The van der Waals surface area contributed by atoms with Crippen LogP contribution in [0, 0.1) is 5.92 Å². The van der Waals surface area contributed by atoms with Crippen LogP contribution in [0.15, 0.2) is 65.2 Å². The Kier molecular flexibility index (Phi) is 6.97. The number of aliphatic carboxylic acids is 1. The fourth-order valence-electron chi connectivity index (χ4n) is 4.06. The lowest BCUT2D eigenvalue weighted by atomic mass is 9.93. The van der Waals surface area contributed by atoms with E-state index in [9.17, 15) is 9.90 Å². The summed E-state index contributed by atoms with van der Waals surface area (Å²) in [5.74, 6) is 1.20. The number of rotatable bonds is 8. The van der Waals surface area contributed by atoms with Crippen LogP contribution >= 0.6 is 15.9 Å². The summed E-state index contributed by atoms with van der Waals surface area (Å²) < 4.78 is 0.968. The maximum absolute atomic E-state index is 11.4. The maximum atomic E-state index is 11.4. The summed E-state index contributed by atoms with van der Waals surface area (Å²) in [6.07, 6.45) is 9.21. The molecule has 0 aliphatic heterocycles. The number of allylic oxidation sites excluding steroid dienone is 2. The number of carbonyl (C=O) groups is 1. The van der Waals surface area contributed by atoms with Crippen molar-refractivity contribution in [3.05, 3.63) is 65.2 Å². The number of halogens is 1. The van der Waals surface area contributed by atoms with Crippen LogP contribution in [-0.4, -0.2) is 34.1 Å². The predicted molar refractivity (Wildman–Crippen MR) is 128 cm³/mol. The van der Waals surface area contributed by atoms with Gasteiger partial charge in [-0.25, -0.2) is 9.97 Å². The topological polar surface area (TPSA) is 66.3 Å². The average Bonchev–Trinajstić information content (AvgIpc) is 2.79. The molecule has 0 radical (unpaired) electrons. The van der Waals surface area contributed by atoms with Crippen LogP contribution in [0.25, 0.3) is 22.3 Å². The van der Waals surface area contributed by atoms with Gasteiger partial charge in [0.2, 0.25) is 0 Å². The number of hydrogen-bond acceptors (Lipinski definition) is 4. The standard InChI is InChI=1S/C25H26BrN3O2/c26-20-10-6-9-19(17-20)24-27-22-12-5-4-11-21(22)25(28-24)29(16-14-23(30)31)15-13-18-7-2-1-3-8-18/h2,4-7,9-12,17-18H,1,3,8,13-16H2,(H,30,31). The first-order chi connectivity index (χ1) is 15.1. The molecule has 3 aromatic rings. The molecule has 160 valence electrons. The molecule has 1 aromatic heterocycles. The Morgan fingerprint density at radius 3 is 2.77 bits per heavy atom. The van der Waals surface area contributed by atoms with Gasteiger partial charge in [-0.05, 0) is 55.9 Å². The van der Waals surface area contributed by atoms with Gasteiger partial charge in [-0.1, -0.05) is 52.3 Å². The van der Waals surface area contributed by atoms with E-state index >= 15 is 0 Å². The molecular weight excluding hydrogens is 454 g/mol. The van der Waals surface area contributed by atoms with Crippen molar-refractivity contribution in [3.63, 3.8) is 0 Å². The molecule has 4 rings (SSSR count). The molecule has 1 heterocycles. The maximum Gasteiger partial charge on any atom is 0.305 e. The highest BCUT2D eigenvalue weighted by Gasteiger charge is 2.18. The molecule has 6 heteroatoms. The summed E-state index contributed by atoms with van der Waals surface area (Å²) in [5.41, 5.74) is 1.79. The average molecular weight is 480 g/mol. The lowest BCUT2D eigenvalue weighted by Crippen LogP contribution is -2.30. The molecule has 1 aliphatic rings. The molecule has 1 unspecified atom stereocenters. The molecule has 2 aromatic carbocycles. The fourth-order valence-corrected chi connectivity index (χ4v) is 4.46. The zero-order chi connectivity index (χ0) is 21.6. The van der Waals surface area contributed by atoms with Crippen molar-refractivity contribution in [2.75, 3.05) is 18.0 Å². The van der Waals surface area contributed by atoms with Crippen molar-refractivity contribution in [1.82, 2.24) is 9.97 Å². The number of para-hydroxylation sites is 1. The van der Waals surface area contributed by atoms with E-state index in [1.54, 1.807) is 0 Å². The summed E-state index contributed by atoms with van der Waals surface area (Å²) >= 11 is 3.53. The van der Waals surface area contributed by atoms with Gasteiger partial charge < -0.3 is 10.0 Å². The zero-order valence-corrected chi connectivity index (χ0v) is 19.0. The number of carboxylic acids is 1. The first-order valence-corrected chi connectivity index (χ1v) is 11.6. The third-order valence-electron chi connectivity index (χ3n) is 5.68. The Labute approximate surface area is 191 Å². The van der Waals surface area contributed by atoms with E-state index in [0.29, 0.717) is 18.3 Å². The van der Waals surface area contributed by atoms with Crippen LogP contribution in [0.1, 0.15) is 32.1 Å². The van der Waals surface area contributed by atoms with Gasteiger partial charge in [-0.15, -0.1) is 0 Å². The molecule has 31 heavy (non-hydrogen) atoms. The molecular formula is C25H26BrN3O2. The molecule has 0 saturated carbocycles. The third kappa shape index (κ3) is 5.50. The van der Waals surface area contributed by atoms with Crippen LogP contribution in [0.3, 0.4) is 0 Å². The van der Waals surface area contributed by atoms with Gasteiger partial charge in [0, 0.05) is 28.5 Å². The number of anilines is 1. The van der Waals surface area contributed by atoms with Crippen LogP contribution in [-0.2, 0) is 4.79 Å². The summed E-state index contributed by atoms with van der Waals surface area (Å²) in [6.45, 7) is 1.19. The highest BCUT2D eigenvalue weighted by molar-refractivity contribution is 9.10. The Morgan fingerprint density at radius 2 is 2.00 bits per heavy atom. The second-order valence-electron chi connectivity index (χ2n) is 7.94. The number of fused-ring (bicyclic) bond motifs is 1. The minimum Gasteiger partial charge on any atom is -0.481 e. The largest absolute Gasteiger partial charge is 0.481 e. The lowest BCUT2D eigenvalue weighted by Gasteiger charge is -2.27. The normalized spacial score (nSPS) is 15.8. The lowest BCUT2D eigenvalue weighted by molar-refractivity contribution is -0.136. The Hall–Kier alpha value is -2.73. The van der Waals surface area contributed by atoms with Gasteiger partial charge in [-0.2, -0.15) is 0 Å². The molecule has 0 bridgehead atoms. The van der Waals surface area contributed by atoms with Gasteiger partial charge in [0.05, 0.1) is 11.9 Å². The minimum atomic E-state index is -0.798. The monoisotopic (exact) mass is 479 g/mol. The highest BCUT2D eigenvalue weighted by Crippen LogP contribution is 2.30. The summed E-state index contributed by atoms with van der Waals surface area (Å²) in [7, 11) is 0. The molecule has 0 spiro atoms. The van der Waals surface area contributed by atoms with Gasteiger partial charge in [0.1, 0.15) is 5.82 Å². The van der Waals surface area contributed by atoms with Gasteiger partial charge >= 0.3 is 5.97 Å². The van der Waals surface area contributed by atoms with E-state index in [1.165, 1.54) is 12.8 Å². The molecule has 1 aliphatic carbocycles. The quantitative estimate of drug-likeness (QED) is 0.396. The highest BCUT2D eigenvalue weighted by atomic mass is 79.9. The van der Waals surface area contributed by atoms with Crippen molar-refractivity contribution >= 4 is 38.6 Å². The predicted octanol–water partition coefficient (Wildman–Crippen LogP) is 6.09. The SMILES string of the molecule is O=C(O)CCN(CCC1C=CCCC1)c1nc(-c2cccc(Br)c2)nc2ccccc12. The number of hydrogen-bond donors (Lipinski definition) is 1. The van der Waals surface area contributed by atoms with E-state index in [-0.39, 0.29) is 6.42 Å². The van der Waals surface area contributed by atoms with Crippen molar-refractivity contribution < 1.29 is 9.90 Å². The number of nitrogens with zero attached hydrogens (tertiary/aromatic N) is 3. The first kappa shape index (κ1) is 21.5. The molecule has 1 atom stereocenters. The van der Waals surface area contributed by atoms with Gasteiger partial charge in [-0.3, -0.25) is 4.79 Å². The van der Waals surface area contributed by atoms with Gasteiger partial charge in [0.15, 0.2) is 5.82 Å². The van der Waals surface area contributed by atoms with Crippen LogP contribution in [0.2, 0.25) is 0 Å². The van der Waals surface area contributed by atoms with E-state index in [1.807, 2.05) is 48.5 Å². The Balaban J connectivity index is 1.73.